The highest BCUT2D eigenvalue weighted by atomic mass is 19.4. The van der Waals surface area contributed by atoms with Gasteiger partial charge in [0.15, 0.2) is 11.7 Å². The molecule has 4 heterocycles. The van der Waals surface area contributed by atoms with Crippen molar-refractivity contribution in [2.24, 2.45) is 0 Å². The molecule has 2 fully saturated rings. The van der Waals surface area contributed by atoms with Gasteiger partial charge in [0.05, 0.1) is 12.6 Å². The van der Waals surface area contributed by atoms with E-state index in [1.165, 1.54) is 0 Å². The summed E-state index contributed by atoms with van der Waals surface area (Å²) in [5.74, 6) is 1.71. The van der Waals surface area contributed by atoms with Crippen LogP contribution in [0.5, 0.6) is 0 Å². The predicted octanol–water partition coefficient (Wildman–Crippen LogP) is 5.27. The topological polar surface area (TPSA) is 83.3 Å². The zero-order valence-electron chi connectivity index (χ0n) is 18.7. The van der Waals surface area contributed by atoms with Gasteiger partial charge in [-0.15, -0.1) is 0 Å². The molecule has 34 heavy (non-hydrogen) atoms. The SMILES string of the molecule is Cc1ncc(-c2ccc3cnc(NC(=O)N4[C@@H]5CC[C@H]4C[C@H](NCCC(F)(F)F)C5)cc3c2)o1. The maximum Gasteiger partial charge on any atom is 0.390 e. The van der Waals surface area contributed by atoms with Crippen molar-refractivity contribution in [1.82, 2.24) is 20.2 Å². The summed E-state index contributed by atoms with van der Waals surface area (Å²) in [6.07, 6.45) is 1.44. The summed E-state index contributed by atoms with van der Waals surface area (Å²) < 4.78 is 42.9. The van der Waals surface area contributed by atoms with Crippen LogP contribution in [0.3, 0.4) is 0 Å². The lowest BCUT2D eigenvalue weighted by atomic mass is 9.97. The van der Waals surface area contributed by atoms with Crippen LogP contribution in [0.2, 0.25) is 0 Å². The van der Waals surface area contributed by atoms with Crippen LogP contribution in [0, 0.1) is 6.92 Å². The fraction of sp³-hybridized carbons (Fsp3) is 0.458. The maximum atomic E-state index is 13.1. The number of nitrogens with one attached hydrogen (secondary N) is 2. The Morgan fingerprint density at radius 3 is 2.56 bits per heavy atom. The molecule has 2 bridgehead atoms. The molecule has 2 aliphatic heterocycles. The Morgan fingerprint density at radius 1 is 1.12 bits per heavy atom. The molecule has 2 saturated heterocycles. The lowest BCUT2D eigenvalue weighted by Crippen LogP contribution is -2.53. The second-order valence-corrected chi connectivity index (χ2v) is 9.09. The molecule has 0 unspecified atom stereocenters. The quantitative estimate of drug-likeness (QED) is 0.528. The molecule has 2 amide bonds. The maximum absolute atomic E-state index is 13.1. The standard InChI is InChI=1S/C24H26F3N5O2/c1-14-29-13-21(34-14)15-2-3-16-12-30-22(9-17(16)8-15)31-23(33)32-19-4-5-20(32)11-18(10-19)28-7-6-24(25,26)27/h2-3,8-9,12-13,18-20,28H,4-7,10-11H2,1H3,(H,30,31,33)/t18-,19-,20+. The van der Waals surface area contributed by atoms with Crippen LogP contribution in [-0.2, 0) is 0 Å². The Kier molecular flexibility index (Phi) is 5.93. The molecule has 3 aromatic rings. The molecule has 2 aliphatic rings. The molecule has 0 radical (unpaired) electrons. The number of amides is 2. The monoisotopic (exact) mass is 473 g/mol. The Labute approximate surface area is 194 Å². The largest absolute Gasteiger partial charge is 0.441 e. The first kappa shape index (κ1) is 22.6. The second kappa shape index (κ2) is 8.90. The van der Waals surface area contributed by atoms with Crippen LogP contribution in [0.4, 0.5) is 23.8 Å². The van der Waals surface area contributed by atoms with Crippen molar-refractivity contribution in [3.63, 3.8) is 0 Å². The molecule has 7 nitrogen and oxygen atoms in total. The number of fused-ring (bicyclic) bond motifs is 3. The highest BCUT2D eigenvalue weighted by Gasteiger charge is 2.43. The molecule has 0 saturated carbocycles. The lowest BCUT2D eigenvalue weighted by Gasteiger charge is -2.39. The predicted molar refractivity (Wildman–Crippen MR) is 121 cm³/mol. The molecule has 2 N–H and O–H groups in total. The van der Waals surface area contributed by atoms with E-state index >= 15 is 0 Å². The number of hydrogen-bond donors (Lipinski definition) is 2. The zero-order chi connectivity index (χ0) is 23.9. The van der Waals surface area contributed by atoms with Gasteiger partial charge in [0.25, 0.3) is 0 Å². The first-order valence-corrected chi connectivity index (χ1v) is 11.5. The number of aryl methyl sites for hydroxylation is 1. The van der Waals surface area contributed by atoms with Gasteiger partial charge in [0.1, 0.15) is 5.82 Å². The van der Waals surface area contributed by atoms with Gasteiger partial charge >= 0.3 is 12.2 Å². The van der Waals surface area contributed by atoms with Crippen LogP contribution >= 0.6 is 0 Å². The van der Waals surface area contributed by atoms with Crippen molar-refractivity contribution in [2.45, 2.75) is 63.3 Å². The van der Waals surface area contributed by atoms with Gasteiger partial charge in [-0.1, -0.05) is 12.1 Å². The Hall–Kier alpha value is -3.14. The van der Waals surface area contributed by atoms with Crippen molar-refractivity contribution in [2.75, 3.05) is 11.9 Å². The number of piperidine rings is 1. The fourth-order valence-electron chi connectivity index (χ4n) is 5.12. The summed E-state index contributed by atoms with van der Waals surface area (Å²) >= 11 is 0. The van der Waals surface area contributed by atoms with Crippen LogP contribution in [0.15, 0.2) is 41.1 Å². The minimum Gasteiger partial charge on any atom is -0.441 e. The summed E-state index contributed by atoms with van der Waals surface area (Å²) in [6.45, 7) is 1.70. The van der Waals surface area contributed by atoms with Crippen LogP contribution < -0.4 is 10.6 Å². The Balaban J connectivity index is 1.25. The number of rotatable bonds is 5. The first-order valence-electron chi connectivity index (χ1n) is 11.5. The van der Waals surface area contributed by atoms with E-state index in [9.17, 15) is 18.0 Å². The molecule has 2 aromatic heterocycles. The molecule has 3 atom stereocenters. The number of aromatic nitrogens is 2. The van der Waals surface area contributed by atoms with Crippen LogP contribution in [-0.4, -0.2) is 51.7 Å². The van der Waals surface area contributed by atoms with Gasteiger partial charge in [-0.05, 0) is 43.2 Å². The van der Waals surface area contributed by atoms with Gasteiger partial charge in [0.2, 0.25) is 0 Å². The molecule has 0 spiro atoms. The Morgan fingerprint density at radius 2 is 1.88 bits per heavy atom. The third-order valence-electron chi connectivity index (χ3n) is 6.67. The smallest absolute Gasteiger partial charge is 0.390 e. The number of carbonyl (C=O) groups excluding carboxylic acids is 1. The minimum atomic E-state index is -4.16. The fourth-order valence-corrected chi connectivity index (χ4v) is 5.12. The Bertz CT molecular complexity index is 1180. The number of halogens is 3. The summed E-state index contributed by atoms with van der Waals surface area (Å²) in [5.41, 5.74) is 0.884. The number of anilines is 1. The second-order valence-electron chi connectivity index (χ2n) is 9.09. The van der Waals surface area contributed by atoms with Crippen LogP contribution in [0.1, 0.15) is 38.0 Å². The number of benzene rings is 1. The lowest BCUT2D eigenvalue weighted by molar-refractivity contribution is -0.133. The molecule has 0 aliphatic carbocycles. The van der Waals surface area contributed by atoms with E-state index in [1.807, 2.05) is 29.2 Å². The first-order chi connectivity index (χ1) is 16.2. The highest BCUT2D eigenvalue weighted by Crippen LogP contribution is 2.36. The third kappa shape index (κ3) is 4.86. The molecular formula is C24H26F3N5O2. The van der Waals surface area contributed by atoms with Gasteiger partial charge in [-0.2, -0.15) is 13.2 Å². The summed E-state index contributed by atoms with van der Waals surface area (Å²) in [5, 5.41) is 7.79. The summed E-state index contributed by atoms with van der Waals surface area (Å²) in [7, 11) is 0. The molecule has 1 aromatic carbocycles. The summed E-state index contributed by atoms with van der Waals surface area (Å²) in [6, 6.07) is 7.50. The van der Waals surface area contributed by atoms with Crippen molar-refractivity contribution in [3.8, 4) is 11.3 Å². The van der Waals surface area contributed by atoms with E-state index in [0.29, 0.717) is 30.3 Å². The van der Waals surface area contributed by atoms with E-state index in [-0.39, 0.29) is 30.7 Å². The van der Waals surface area contributed by atoms with E-state index < -0.39 is 12.6 Å². The van der Waals surface area contributed by atoms with Gasteiger partial charge in [-0.3, -0.25) is 5.32 Å². The third-order valence-corrected chi connectivity index (χ3v) is 6.67. The minimum absolute atomic E-state index is 0.000780. The number of oxazole rings is 1. The van der Waals surface area contributed by atoms with E-state index in [2.05, 4.69) is 20.6 Å². The molecule has 10 heteroatoms. The van der Waals surface area contributed by atoms with Gasteiger partial charge < -0.3 is 14.6 Å². The molecular weight excluding hydrogens is 447 g/mol. The zero-order valence-corrected chi connectivity index (χ0v) is 18.7. The van der Waals surface area contributed by atoms with Crippen molar-refractivity contribution < 1.29 is 22.4 Å². The summed E-state index contributed by atoms with van der Waals surface area (Å²) in [4.78, 5) is 23.5. The van der Waals surface area contributed by atoms with Gasteiger partial charge in [-0.25, -0.2) is 14.8 Å². The number of carbonyl (C=O) groups is 1. The molecule has 180 valence electrons. The van der Waals surface area contributed by atoms with E-state index in [0.717, 1.165) is 29.2 Å². The number of pyridine rings is 1. The van der Waals surface area contributed by atoms with Crippen molar-refractivity contribution in [3.05, 3.63) is 42.5 Å². The number of urea groups is 1. The average molecular weight is 473 g/mol. The van der Waals surface area contributed by atoms with Crippen LogP contribution in [0.25, 0.3) is 22.1 Å². The average Bonchev–Trinajstić information content (AvgIpc) is 3.33. The number of hydrogen-bond acceptors (Lipinski definition) is 5. The number of alkyl halides is 3. The normalized spacial score (nSPS) is 22.4. The van der Waals surface area contributed by atoms with E-state index in [1.54, 1.807) is 19.3 Å². The van der Waals surface area contributed by atoms with Gasteiger partial charge in [0, 0.05) is 48.7 Å². The highest BCUT2D eigenvalue weighted by molar-refractivity contribution is 5.93. The molecule has 5 rings (SSSR count). The van der Waals surface area contributed by atoms with Crippen molar-refractivity contribution in [1.29, 1.82) is 0 Å². The number of nitrogens with zero attached hydrogens (tertiary/aromatic N) is 3. The van der Waals surface area contributed by atoms with E-state index in [4.69, 9.17) is 4.42 Å². The van der Waals surface area contributed by atoms with Crippen molar-refractivity contribution >= 4 is 22.6 Å².